The van der Waals surface area contributed by atoms with Crippen LogP contribution in [0.15, 0.2) is 71.6 Å². The zero-order valence-electron chi connectivity index (χ0n) is 19.1. The SMILES string of the molecule is COC(=O)CCc1ccc(C(Nc2ccc(S(C)(=O)=O)cc2)=C2C(=O)Nc3cc(F)ccc32)cc1. The molecule has 180 valence electrons. The van der Waals surface area contributed by atoms with Crippen molar-refractivity contribution in [1.29, 1.82) is 0 Å². The lowest BCUT2D eigenvalue weighted by molar-refractivity contribution is -0.140. The van der Waals surface area contributed by atoms with Crippen molar-refractivity contribution in [1.82, 2.24) is 0 Å². The van der Waals surface area contributed by atoms with Crippen LogP contribution in [0.2, 0.25) is 0 Å². The molecule has 2 N–H and O–H groups in total. The Morgan fingerprint density at radius 1 is 1.03 bits per heavy atom. The highest BCUT2D eigenvalue weighted by molar-refractivity contribution is 7.90. The molecule has 1 aliphatic rings. The minimum absolute atomic E-state index is 0.173. The number of methoxy groups -OCH3 is 1. The van der Waals surface area contributed by atoms with Crippen molar-refractivity contribution in [2.24, 2.45) is 0 Å². The molecule has 0 unspecified atom stereocenters. The number of carbonyl (C=O) groups is 2. The molecule has 3 aromatic rings. The van der Waals surface area contributed by atoms with Crippen LogP contribution in [0.5, 0.6) is 0 Å². The summed E-state index contributed by atoms with van der Waals surface area (Å²) in [6.45, 7) is 0. The second-order valence-electron chi connectivity index (χ2n) is 8.09. The first-order chi connectivity index (χ1) is 16.7. The number of sulfone groups is 1. The van der Waals surface area contributed by atoms with Gasteiger partial charge in [-0.25, -0.2) is 12.8 Å². The van der Waals surface area contributed by atoms with Gasteiger partial charge < -0.3 is 15.4 Å². The molecule has 0 spiro atoms. The Morgan fingerprint density at radius 2 is 1.71 bits per heavy atom. The Morgan fingerprint density at radius 3 is 2.34 bits per heavy atom. The minimum atomic E-state index is -3.36. The first kappa shape index (κ1) is 24.2. The Labute approximate surface area is 202 Å². The third-order valence-electron chi connectivity index (χ3n) is 5.62. The highest BCUT2D eigenvalue weighted by Gasteiger charge is 2.29. The molecule has 0 saturated heterocycles. The molecule has 0 bridgehead atoms. The van der Waals surface area contributed by atoms with E-state index in [1.165, 1.54) is 37.4 Å². The van der Waals surface area contributed by atoms with Gasteiger partial charge in [0.2, 0.25) is 0 Å². The standard InChI is InChI=1S/C26H23FN2O5S/c1-34-23(30)14-5-16-3-6-17(7-4-16)25(28-19-9-11-20(12-10-19)35(2,32)33)24-21-13-8-18(27)15-22(21)29-26(24)31/h3-4,6-13,15,28H,5,14H2,1-2H3,(H,29,31). The van der Waals surface area contributed by atoms with Gasteiger partial charge in [-0.2, -0.15) is 0 Å². The van der Waals surface area contributed by atoms with Crippen LogP contribution in [0.4, 0.5) is 15.8 Å². The van der Waals surface area contributed by atoms with Crippen molar-refractivity contribution < 1.29 is 27.1 Å². The van der Waals surface area contributed by atoms with Gasteiger partial charge in [-0.15, -0.1) is 0 Å². The second kappa shape index (κ2) is 9.71. The van der Waals surface area contributed by atoms with Crippen LogP contribution in [0.3, 0.4) is 0 Å². The van der Waals surface area contributed by atoms with E-state index in [-0.39, 0.29) is 17.3 Å². The Balaban J connectivity index is 1.76. The van der Waals surface area contributed by atoms with Crippen LogP contribution in [-0.4, -0.2) is 33.7 Å². The number of esters is 1. The number of benzene rings is 3. The van der Waals surface area contributed by atoms with Gasteiger partial charge in [0, 0.05) is 23.9 Å². The fourth-order valence-electron chi connectivity index (χ4n) is 3.79. The molecule has 0 fully saturated rings. The number of amides is 1. The van der Waals surface area contributed by atoms with Gasteiger partial charge in [0.25, 0.3) is 5.91 Å². The lowest BCUT2D eigenvalue weighted by Gasteiger charge is -2.15. The quantitative estimate of drug-likeness (QED) is 0.376. The van der Waals surface area contributed by atoms with Gasteiger partial charge >= 0.3 is 5.97 Å². The predicted molar refractivity (Wildman–Crippen MR) is 132 cm³/mol. The molecule has 1 amide bonds. The normalized spacial score (nSPS) is 14.2. The van der Waals surface area contributed by atoms with Gasteiger partial charge in [-0.3, -0.25) is 9.59 Å². The molecule has 35 heavy (non-hydrogen) atoms. The van der Waals surface area contributed by atoms with Crippen molar-refractivity contribution in [3.05, 3.63) is 89.2 Å². The third kappa shape index (κ3) is 5.41. The molecule has 0 aromatic heterocycles. The number of halogens is 1. The summed E-state index contributed by atoms with van der Waals surface area (Å²) in [6.07, 6.45) is 1.88. The Hall–Kier alpha value is -3.98. The van der Waals surface area contributed by atoms with E-state index in [9.17, 15) is 22.4 Å². The number of fused-ring (bicyclic) bond motifs is 1. The molecule has 4 rings (SSSR count). The fraction of sp³-hybridized carbons (Fsp3) is 0.154. The van der Waals surface area contributed by atoms with E-state index in [2.05, 4.69) is 15.4 Å². The van der Waals surface area contributed by atoms with E-state index in [4.69, 9.17) is 0 Å². The maximum absolute atomic E-state index is 13.8. The van der Waals surface area contributed by atoms with Gasteiger partial charge in [-0.05, 0) is 60.0 Å². The monoisotopic (exact) mass is 494 g/mol. The van der Waals surface area contributed by atoms with Gasteiger partial charge in [0.1, 0.15) is 5.82 Å². The molecule has 7 nitrogen and oxygen atoms in total. The van der Waals surface area contributed by atoms with Crippen LogP contribution in [0.1, 0.15) is 23.1 Å². The summed E-state index contributed by atoms with van der Waals surface area (Å²) in [7, 11) is -2.02. The maximum Gasteiger partial charge on any atom is 0.305 e. The third-order valence-corrected chi connectivity index (χ3v) is 6.74. The fourth-order valence-corrected chi connectivity index (χ4v) is 4.42. The first-order valence-corrected chi connectivity index (χ1v) is 12.6. The van der Waals surface area contributed by atoms with Crippen molar-refractivity contribution in [3.8, 4) is 0 Å². The molecule has 0 radical (unpaired) electrons. The van der Waals surface area contributed by atoms with Crippen LogP contribution in [-0.2, 0) is 30.6 Å². The molecular formula is C26H23FN2O5S. The summed E-state index contributed by atoms with van der Waals surface area (Å²) in [5, 5.41) is 5.93. The summed E-state index contributed by atoms with van der Waals surface area (Å²) in [5.74, 6) is -1.16. The van der Waals surface area contributed by atoms with Gasteiger partial charge in [0.15, 0.2) is 9.84 Å². The number of hydrogen-bond donors (Lipinski definition) is 2. The maximum atomic E-state index is 13.8. The zero-order chi connectivity index (χ0) is 25.2. The minimum Gasteiger partial charge on any atom is -0.469 e. The number of carbonyl (C=O) groups excluding carboxylic acids is 2. The van der Waals surface area contributed by atoms with Crippen molar-refractivity contribution >= 4 is 44.4 Å². The number of anilines is 2. The largest absolute Gasteiger partial charge is 0.469 e. The van der Waals surface area contributed by atoms with E-state index in [1.54, 1.807) is 12.1 Å². The average Bonchev–Trinajstić information content (AvgIpc) is 3.15. The summed E-state index contributed by atoms with van der Waals surface area (Å²) >= 11 is 0. The summed E-state index contributed by atoms with van der Waals surface area (Å²) in [5.41, 5.74) is 3.88. The molecular weight excluding hydrogens is 471 g/mol. The van der Waals surface area contributed by atoms with Gasteiger partial charge in [-0.1, -0.05) is 24.3 Å². The van der Waals surface area contributed by atoms with Crippen molar-refractivity contribution in [2.75, 3.05) is 24.0 Å². The number of hydrogen-bond acceptors (Lipinski definition) is 6. The molecule has 9 heteroatoms. The molecule has 0 atom stereocenters. The van der Waals surface area contributed by atoms with Gasteiger partial charge in [0.05, 0.1) is 29.0 Å². The van der Waals surface area contributed by atoms with Crippen LogP contribution >= 0.6 is 0 Å². The number of ether oxygens (including phenoxy) is 1. The summed E-state index contributed by atoms with van der Waals surface area (Å²) < 4.78 is 42.1. The topological polar surface area (TPSA) is 102 Å². The molecule has 3 aromatic carbocycles. The molecule has 0 aliphatic carbocycles. The smallest absolute Gasteiger partial charge is 0.305 e. The van der Waals surface area contributed by atoms with E-state index >= 15 is 0 Å². The number of aryl methyl sites for hydroxylation is 1. The average molecular weight is 495 g/mol. The predicted octanol–water partition coefficient (Wildman–Crippen LogP) is 4.27. The zero-order valence-corrected chi connectivity index (χ0v) is 19.9. The lowest BCUT2D eigenvalue weighted by atomic mass is 9.98. The van der Waals surface area contributed by atoms with Crippen LogP contribution in [0, 0.1) is 5.82 Å². The Bertz CT molecular complexity index is 1430. The van der Waals surface area contributed by atoms with E-state index in [0.29, 0.717) is 40.2 Å². The highest BCUT2D eigenvalue weighted by Crippen LogP contribution is 2.38. The summed E-state index contributed by atoms with van der Waals surface area (Å²) in [4.78, 5) is 24.6. The van der Waals surface area contributed by atoms with Crippen molar-refractivity contribution in [2.45, 2.75) is 17.7 Å². The number of nitrogens with one attached hydrogen (secondary N) is 2. The molecule has 1 aliphatic heterocycles. The number of rotatable bonds is 7. The Kier molecular flexibility index (Phi) is 6.70. The second-order valence-corrected chi connectivity index (χ2v) is 10.1. The van der Waals surface area contributed by atoms with Crippen LogP contribution < -0.4 is 10.6 Å². The van der Waals surface area contributed by atoms with Crippen LogP contribution in [0.25, 0.3) is 11.3 Å². The van der Waals surface area contributed by atoms with Crippen molar-refractivity contribution in [3.63, 3.8) is 0 Å². The summed E-state index contributed by atoms with van der Waals surface area (Å²) in [6, 6.07) is 17.6. The molecule has 1 heterocycles. The van der Waals surface area contributed by atoms with E-state index in [1.807, 2.05) is 24.3 Å². The highest BCUT2D eigenvalue weighted by atomic mass is 32.2. The first-order valence-electron chi connectivity index (χ1n) is 10.7. The molecule has 0 saturated carbocycles. The van der Waals surface area contributed by atoms with E-state index < -0.39 is 21.6 Å². The van der Waals surface area contributed by atoms with E-state index in [0.717, 1.165) is 11.8 Å². The lowest BCUT2D eigenvalue weighted by Crippen LogP contribution is -2.10.